The monoisotopic (exact) mass is 311 g/mol. The van der Waals surface area contributed by atoms with Crippen molar-refractivity contribution in [3.8, 4) is 12.3 Å². The average Bonchev–Trinajstić information content (AvgIpc) is 2.37. The second kappa shape index (κ2) is 7.22. The molecule has 0 aliphatic heterocycles. The summed E-state index contributed by atoms with van der Waals surface area (Å²) in [5.41, 5.74) is 0.590. The Labute approximate surface area is 116 Å². The van der Waals surface area contributed by atoms with Crippen LogP contribution in [0.1, 0.15) is 33.1 Å². The quantitative estimate of drug-likeness (QED) is 0.822. The molecule has 0 radical (unpaired) electrons. The number of nitrogens with one attached hydrogen (secondary N) is 1. The molecule has 0 amide bonds. The van der Waals surface area contributed by atoms with Crippen molar-refractivity contribution in [3.05, 3.63) is 21.0 Å². The van der Waals surface area contributed by atoms with Crippen molar-refractivity contribution in [1.82, 2.24) is 9.78 Å². The first-order chi connectivity index (χ1) is 8.63. The third-order valence-electron chi connectivity index (χ3n) is 2.64. The van der Waals surface area contributed by atoms with Gasteiger partial charge < -0.3 is 5.32 Å². The molecule has 1 N–H and O–H groups in total. The standard InChI is InChI=1S/C13H18BrN3O/c1-4-7-10(6-3)16-11-9-15-17(8-5-2)13(18)12(11)14/h1,9-10,16H,5-8H2,2-3H3. The maximum atomic E-state index is 12.0. The number of aryl methyl sites for hydroxylation is 1. The lowest BCUT2D eigenvalue weighted by Gasteiger charge is -2.16. The molecule has 1 heterocycles. The van der Waals surface area contributed by atoms with Crippen molar-refractivity contribution in [2.24, 2.45) is 0 Å². The third kappa shape index (κ3) is 3.61. The Hall–Kier alpha value is -1.28. The molecule has 1 aromatic heterocycles. The highest BCUT2D eigenvalue weighted by atomic mass is 79.9. The molecule has 1 aromatic rings. The summed E-state index contributed by atoms with van der Waals surface area (Å²) < 4.78 is 1.97. The molecule has 1 rings (SSSR count). The van der Waals surface area contributed by atoms with Crippen LogP contribution in [0.5, 0.6) is 0 Å². The van der Waals surface area contributed by atoms with Gasteiger partial charge in [0.15, 0.2) is 0 Å². The van der Waals surface area contributed by atoms with Crippen LogP contribution in [0, 0.1) is 12.3 Å². The maximum Gasteiger partial charge on any atom is 0.283 e. The van der Waals surface area contributed by atoms with E-state index in [4.69, 9.17) is 6.42 Å². The zero-order valence-electron chi connectivity index (χ0n) is 10.7. The Balaban J connectivity index is 2.95. The molecule has 0 aliphatic rings. The van der Waals surface area contributed by atoms with E-state index in [1.54, 1.807) is 6.20 Å². The molecule has 0 aromatic carbocycles. The number of hydrogen-bond donors (Lipinski definition) is 1. The Kier molecular flexibility index (Phi) is 5.93. The van der Waals surface area contributed by atoms with Crippen molar-refractivity contribution < 1.29 is 0 Å². The highest BCUT2D eigenvalue weighted by Gasteiger charge is 2.11. The first kappa shape index (κ1) is 14.8. The minimum Gasteiger partial charge on any atom is -0.379 e. The lowest BCUT2D eigenvalue weighted by molar-refractivity contribution is 0.565. The Morgan fingerprint density at radius 1 is 1.61 bits per heavy atom. The number of rotatable bonds is 6. The van der Waals surface area contributed by atoms with Gasteiger partial charge in [-0.25, -0.2) is 4.68 Å². The van der Waals surface area contributed by atoms with Crippen LogP contribution in [0.2, 0.25) is 0 Å². The van der Waals surface area contributed by atoms with E-state index in [2.05, 4.69) is 39.2 Å². The molecule has 0 saturated carbocycles. The summed E-state index contributed by atoms with van der Waals surface area (Å²) in [6, 6.07) is 0.162. The minimum atomic E-state index is -0.114. The zero-order chi connectivity index (χ0) is 13.5. The van der Waals surface area contributed by atoms with Gasteiger partial charge in [0, 0.05) is 19.0 Å². The van der Waals surface area contributed by atoms with E-state index in [9.17, 15) is 4.79 Å². The van der Waals surface area contributed by atoms with E-state index in [0.717, 1.165) is 12.8 Å². The van der Waals surface area contributed by atoms with Gasteiger partial charge in [-0.1, -0.05) is 13.8 Å². The van der Waals surface area contributed by atoms with Crippen LogP contribution in [0.15, 0.2) is 15.5 Å². The predicted octanol–water partition coefficient (Wildman–Crippen LogP) is 2.63. The van der Waals surface area contributed by atoms with E-state index < -0.39 is 0 Å². The van der Waals surface area contributed by atoms with Crippen molar-refractivity contribution in [1.29, 1.82) is 0 Å². The van der Waals surface area contributed by atoms with Crippen LogP contribution in [0.25, 0.3) is 0 Å². The molecule has 0 bridgehead atoms. The normalized spacial score (nSPS) is 11.9. The molecule has 0 aliphatic carbocycles. The summed E-state index contributed by atoms with van der Waals surface area (Å²) in [4.78, 5) is 12.0. The molecule has 0 spiro atoms. The molecule has 18 heavy (non-hydrogen) atoms. The summed E-state index contributed by atoms with van der Waals surface area (Å²) in [6.45, 7) is 4.68. The number of aromatic nitrogens is 2. The number of hydrogen-bond acceptors (Lipinski definition) is 3. The highest BCUT2D eigenvalue weighted by Crippen LogP contribution is 2.18. The summed E-state index contributed by atoms with van der Waals surface area (Å²) in [6.07, 6.45) is 9.37. The van der Waals surface area contributed by atoms with Gasteiger partial charge in [-0.15, -0.1) is 12.3 Å². The molecule has 5 heteroatoms. The SMILES string of the molecule is C#CCC(CC)Nc1cnn(CCC)c(=O)c1Br. The lowest BCUT2D eigenvalue weighted by Crippen LogP contribution is -2.26. The van der Waals surface area contributed by atoms with Gasteiger partial charge in [0.2, 0.25) is 0 Å². The van der Waals surface area contributed by atoms with E-state index in [1.165, 1.54) is 4.68 Å². The summed E-state index contributed by atoms with van der Waals surface area (Å²) in [5.74, 6) is 2.62. The van der Waals surface area contributed by atoms with Gasteiger partial charge in [0.05, 0.1) is 11.9 Å². The Morgan fingerprint density at radius 3 is 2.89 bits per heavy atom. The second-order valence-electron chi connectivity index (χ2n) is 4.06. The Morgan fingerprint density at radius 2 is 2.33 bits per heavy atom. The molecular weight excluding hydrogens is 294 g/mol. The first-order valence-corrected chi connectivity index (χ1v) is 6.88. The van der Waals surface area contributed by atoms with Crippen LogP contribution >= 0.6 is 15.9 Å². The Bertz CT molecular complexity index is 490. The van der Waals surface area contributed by atoms with Crippen molar-refractivity contribution >= 4 is 21.6 Å². The number of nitrogens with zero attached hydrogens (tertiary/aromatic N) is 2. The lowest BCUT2D eigenvalue weighted by atomic mass is 10.1. The van der Waals surface area contributed by atoms with Crippen LogP contribution in [0.3, 0.4) is 0 Å². The van der Waals surface area contributed by atoms with Crippen LogP contribution in [-0.2, 0) is 6.54 Å². The van der Waals surface area contributed by atoms with Gasteiger partial charge in [-0.3, -0.25) is 4.79 Å². The number of terminal acetylenes is 1. The summed E-state index contributed by atoms with van der Waals surface area (Å²) in [5, 5.41) is 7.38. The average molecular weight is 312 g/mol. The van der Waals surface area contributed by atoms with Gasteiger partial charge in [-0.2, -0.15) is 5.10 Å². The maximum absolute atomic E-state index is 12.0. The second-order valence-corrected chi connectivity index (χ2v) is 4.85. The van der Waals surface area contributed by atoms with Crippen LogP contribution < -0.4 is 10.9 Å². The topological polar surface area (TPSA) is 46.9 Å². The summed E-state index contributed by atoms with van der Waals surface area (Å²) in [7, 11) is 0. The fourth-order valence-corrected chi connectivity index (χ4v) is 2.02. The summed E-state index contributed by atoms with van der Waals surface area (Å²) >= 11 is 3.32. The van der Waals surface area contributed by atoms with Gasteiger partial charge >= 0.3 is 0 Å². The van der Waals surface area contributed by atoms with Gasteiger partial charge in [-0.05, 0) is 28.8 Å². The third-order valence-corrected chi connectivity index (χ3v) is 3.40. The van der Waals surface area contributed by atoms with E-state index in [-0.39, 0.29) is 11.6 Å². The van der Waals surface area contributed by atoms with Gasteiger partial charge in [0.1, 0.15) is 4.47 Å². The van der Waals surface area contributed by atoms with E-state index >= 15 is 0 Å². The number of halogens is 1. The van der Waals surface area contributed by atoms with Crippen LogP contribution in [-0.4, -0.2) is 15.8 Å². The molecule has 1 unspecified atom stereocenters. The van der Waals surface area contributed by atoms with Crippen molar-refractivity contribution in [2.45, 2.75) is 45.7 Å². The predicted molar refractivity (Wildman–Crippen MR) is 77.6 cm³/mol. The smallest absolute Gasteiger partial charge is 0.283 e. The van der Waals surface area contributed by atoms with Crippen molar-refractivity contribution in [3.63, 3.8) is 0 Å². The molecule has 4 nitrogen and oxygen atoms in total. The molecule has 0 saturated heterocycles. The minimum absolute atomic E-state index is 0.114. The molecular formula is C13H18BrN3O. The van der Waals surface area contributed by atoms with Crippen LogP contribution in [0.4, 0.5) is 5.69 Å². The molecule has 98 valence electrons. The molecule has 1 atom stereocenters. The fourth-order valence-electron chi connectivity index (χ4n) is 1.60. The van der Waals surface area contributed by atoms with E-state index in [0.29, 0.717) is 23.1 Å². The van der Waals surface area contributed by atoms with Gasteiger partial charge in [0.25, 0.3) is 5.56 Å². The number of anilines is 1. The fraction of sp³-hybridized carbons (Fsp3) is 0.538. The molecule has 0 fully saturated rings. The van der Waals surface area contributed by atoms with E-state index in [1.807, 2.05) is 6.92 Å². The highest BCUT2D eigenvalue weighted by molar-refractivity contribution is 9.10. The zero-order valence-corrected chi connectivity index (χ0v) is 12.3. The first-order valence-electron chi connectivity index (χ1n) is 6.09. The largest absolute Gasteiger partial charge is 0.379 e. The van der Waals surface area contributed by atoms with Crippen molar-refractivity contribution in [2.75, 3.05) is 5.32 Å².